The van der Waals surface area contributed by atoms with Crippen LogP contribution in [0.25, 0.3) is 5.65 Å². The molecule has 0 radical (unpaired) electrons. The Labute approximate surface area is 146 Å². The van der Waals surface area contributed by atoms with Crippen LogP contribution in [0, 0.1) is 0 Å². The summed E-state index contributed by atoms with van der Waals surface area (Å²) in [7, 11) is 0. The molecule has 8 nitrogen and oxygen atoms in total. The molecule has 9 heteroatoms. The van der Waals surface area contributed by atoms with Gasteiger partial charge >= 0.3 is 5.97 Å². The molecule has 0 fully saturated rings. The molecule has 25 heavy (non-hydrogen) atoms. The lowest BCUT2D eigenvalue weighted by molar-refractivity contribution is 0.0687. The van der Waals surface area contributed by atoms with Gasteiger partial charge in [0.2, 0.25) is 0 Å². The van der Waals surface area contributed by atoms with Crippen LogP contribution in [0.15, 0.2) is 29.2 Å². The van der Waals surface area contributed by atoms with Gasteiger partial charge < -0.3 is 5.11 Å². The second kappa shape index (κ2) is 5.98. The Kier molecular flexibility index (Phi) is 3.78. The molecule has 0 saturated heterocycles. The zero-order chi connectivity index (χ0) is 17.6. The number of pyridine rings is 1. The number of H-pyrrole nitrogens is 1. The van der Waals surface area contributed by atoms with E-state index in [0.717, 1.165) is 12.2 Å². The SMILES string of the molecule is O=C(O)c1n[nH]c2c1CN(Cc1cc(=O)n3cc(Cl)ccc3n1)CC2. The first-order chi connectivity index (χ1) is 12.0. The molecule has 0 bridgehead atoms. The average Bonchev–Trinajstić information content (AvgIpc) is 2.99. The van der Waals surface area contributed by atoms with Crippen molar-refractivity contribution < 1.29 is 9.90 Å². The summed E-state index contributed by atoms with van der Waals surface area (Å²) in [6.07, 6.45) is 2.21. The van der Waals surface area contributed by atoms with E-state index in [1.807, 2.05) is 0 Å². The lowest BCUT2D eigenvalue weighted by atomic mass is 10.1. The maximum absolute atomic E-state index is 12.2. The van der Waals surface area contributed by atoms with Gasteiger partial charge in [-0.25, -0.2) is 9.78 Å². The van der Waals surface area contributed by atoms with E-state index in [2.05, 4.69) is 20.1 Å². The number of aromatic carboxylic acids is 1. The second-order valence-electron chi connectivity index (χ2n) is 5.96. The molecule has 0 unspecified atom stereocenters. The summed E-state index contributed by atoms with van der Waals surface area (Å²) in [4.78, 5) is 30.0. The summed E-state index contributed by atoms with van der Waals surface area (Å²) in [6, 6.07) is 4.86. The van der Waals surface area contributed by atoms with Gasteiger partial charge in [0.25, 0.3) is 5.56 Å². The molecule has 0 aromatic carbocycles. The van der Waals surface area contributed by atoms with Crippen molar-refractivity contribution >= 4 is 23.2 Å². The highest BCUT2D eigenvalue weighted by molar-refractivity contribution is 6.30. The van der Waals surface area contributed by atoms with Crippen LogP contribution in [0.1, 0.15) is 27.4 Å². The zero-order valence-electron chi connectivity index (χ0n) is 13.1. The molecule has 128 valence electrons. The quantitative estimate of drug-likeness (QED) is 0.731. The van der Waals surface area contributed by atoms with Gasteiger partial charge in [-0.05, 0) is 12.1 Å². The summed E-state index contributed by atoms with van der Waals surface area (Å²) >= 11 is 5.91. The van der Waals surface area contributed by atoms with Crippen molar-refractivity contribution in [3.05, 3.63) is 62.4 Å². The molecular formula is C16H14ClN5O3. The third-order valence-electron chi connectivity index (χ3n) is 4.28. The van der Waals surface area contributed by atoms with Crippen LogP contribution in [-0.4, -0.2) is 42.1 Å². The summed E-state index contributed by atoms with van der Waals surface area (Å²) < 4.78 is 1.40. The molecule has 0 amide bonds. The molecule has 4 rings (SSSR count). The number of carboxylic acid groups (broad SMARTS) is 1. The van der Waals surface area contributed by atoms with Crippen molar-refractivity contribution in [2.45, 2.75) is 19.5 Å². The molecule has 0 atom stereocenters. The summed E-state index contributed by atoms with van der Waals surface area (Å²) in [5.41, 5.74) is 2.57. The lowest BCUT2D eigenvalue weighted by Crippen LogP contribution is -2.31. The standard InChI is InChI=1S/C16H14ClN5O3/c17-9-1-2-13-18-10(5-14(23)22(13)6-9)7-21-4-3-12-11(8-21)15(16(24)25)20-19-12/h1-2,5-6H,3-4,7-8H2,(H,19,20)(H,24,25). The van der Waals surface area contributed by atoms with Crippen molar-refractivity contribution in [1.82, 2.24) is 24.5 Å². The van der Waals surface area contributed by atoms with Crippen LogP contribution < -0.4 is 5.56 Å². The number of hydrogen-bond donors (Lipinski definition) is 2. The molecule has 0 saturated carbocycles. The molecule has 3 aromatic heterocycles. The predicted molar refractivity (Wildman–Crippen MR) is 89.8 cm³/mol. The van der Waals surface area contributed by atoms with Crippen LogP contribution in [0.5, 0.6) is 0 Å². The first kappa shape index (κ1) is 15.8. The van der Waals surface area contributed by atoms with Gasteiger partial charge in [0.05, 0.1) is 10.7 Å². The number of carbonyl (C=O) groups is 1. The number of nitrogens with one attached hydrogen (secondary N) is 1. The minimum atomic E-state index is -1.04. The lowest BCUT2D eigenvalue weighted by Gasteiger charge is -2.26. The predicted octanol–water partition coefficient (Wildman–Crippen LogP) is 1.33. The van der Waals surface area contributed by atoms with Crippen LogP contribution in [0.2, 0.25) is 5.02 Å². The first-order valence-electron chi connectivity index (χ1n) is 7.71. The fourth-order valence-electron chi connectivity index (χ4n) is 3.10. The van der Waals surface area contributed by atoms with E-state index in [1.165, 1.54) is 16.7 Å². The topological polar surface area (TPSA) is 104 Å². The summed E-state index contributed by atoms with van der Waals surface area (Å²) in [5.74, 6) is -1.04. The summed E-state index contributed by atoms with van der Waals surface area (Å²) in [5, 5.41) is 16.3. The van der Waals surface area contributed by atoms with Crippen LogP contribution >= 0.6 is 11.6 Å². The molecule has 2 N–H and O–H groups in total. The molecular weight excluding hydrogens is 346 g/mol. The van der Waals surface area contributed by atoms with Crippen LogP contribution in [-0.2, 0) is 19.5 Å². The van der Waals surface area contributed by atoms with E-state index in [4.69, 9.17) is 11.6 Å². The van der Waals surface area contributed by atoms with Gasteiger partial charge in [-0.1, -0.05) is 11.6 Å². The van der Waals surface area contributed by atoms with Crippen molar-refractivity contribution in [1.29, 1.82) is 0 Å². The number of fused-ring (bicyclic) bond motifs is 2. The van der Waals surface area contributed by atoms with Gasteiger partial charge in [0.1, 0.15) is 5.65 Å². The zero-order valence-corrected chi connectivity index (χ0v) is 13.8. The average molecular weight is 360 g/mol. The number of nitrogens with zero attached hydrogens (tertiary/aromatic N) is 4. The highest BCUT2D eigenvalue weighted by Gasteiger charge is 2.25. The van der Waals surface area contributed by atoms with E-state index in [1.54, 1.807) is 12.1 Å². The number of carboxylic acids is 1. The number of hydrogen-bond acceptors (Lipinski definition) is 5. The largest absolute Gasteiger partial charge is 0.476 e. The minimum Gasteiger partial charge on any atom is -0.476 e. The normalized spacial score (nSPS) is 14.6. The summed E-state index contributed by atoms with van der Waals surface area (Å²) in [6.45, 7) is 1.64. The van der Waals surface area contributed by atoms with Gasteiger partial charge in [-0.2, -0.15) is 5.10 Å². The maximum Gasteiger partial charge on any atom is 0.356 e. The van der Waals surface area contributed by atoms with E-state index in [0.29, 0.717) is 41.4 Å². The van der Waals surface area contributed by atoms with E-state index in [-0.39, 0.29) is 11.3 Å². The van der Waals surface area contributed by atoms with Crippen molar-refractivity contribution in [2.24, 2.45) is 0 Å². The highest BCUT2D eigenvalue weighted by atomic mass is 35.5. The van der Waals surface area contributed by atoms with Crippen LogP contribution in [0.3, 0.4) is 0 Å². The van der Waals surface area contributed by atoms with E-state index in [9.17, 15) is 14.7 Å². The molecule has 3 aromatic rings. The third kappa shape index (κ3) is 2.90. The van der Waals surface area contributed by atoms with E-state index >= 15 is 0 Å². The fraction of sp³-hybridized carbons (Fsp3) is 0.250. The number of aromatic nitrogens is 4. The molecule has 1 aliphatic heterocycles. The van der Waals surface area contributed by atoms with Gasteiger partial charge in [-0.3, -0.25) is 19.2 Å². The monoisotopic (exact) mass is 359 g/mol. The van der Waals surface area contributed by atoms with Gasteiger partial charge in [0, 0.05) is 49.6 Å². The Hall–Kier alpha value is -2.71. The van der Waals surface area contributed by atoms with Crippen LogP contribution in [0.4, 0.5) is 0 Å². The Bertz CT molecular complexity index is 1040. The second-order valence-corrected chi connectivity index (χ2v) is 6.39. The molecule has 0 aliphatic carbocycles. The number of halogens is 1. The number of aromatic amines is 1. The third-order valence-corrected chi connectivity index (χ3v) is 4.50. The Morgan fingerprint density at radius 2 is 2.24 bits per heavy atom. The smallest absolute Gasteiger partial charge is 0.356 e. The first-order valence-corrected chi connectivity index (χ1v) is 8.08. The molecule has 1 aliphatic rings. The number of rotatable bonds is 3. The maximum atomic E-state index is 12.2. The fourth-order valence-corrected chi connectivity index (χ4v) is 3.26. The molecule has 4 heterocycles. The Morgan fingerprint density at radius 3 is 3.04 bits per heavy atom. The Balaban J connectivity index is 1.62. The minimum absolute atomic E-state index is 0.0564. The van der Waals surface area contributed by atoms with Crippen molar-refractivity contribution in [3.8, 4) is 0 Å². The Morgan fingerprint density at radius 1 is 1.40 bits per heavy atom. The van der Waals surface area contributed by atoms with Crippen molar-refractivity contribution in [3.63, 3.8) is 0 Å². The molecule has 0 spiro atoms. The van der Waals surface area contributed by atoms with Gasteiger partial charge in [0.15, 0.2) is 5.69 Å². The van der Waals surface area contributed by atoms with Crippen molar-refractivity contribution in [2.75, 3.05) is 6.54 Å². The highest BCUT2D eigenvalue weighted by Crippen LogP contribution is 2.21. The van der Waals surface area contributed by atoms with E-state index < -0.39 is 5.97 Å². The van der Waals surface area contributed by atoms with Gasteiger partial charge in [-0.15, -0.1) is 0 Å².